The first-order valence-electron chi connectivity index (χ1n) is 8.77. The van der Waals surface area contributed by atoms with E-state index in [2.05, 4.69) is 31.6 Å². The number of nitrogens with zero attached hydrogens (tertiary/aromatic N) is 3. The Hall–Kier alpha value is -4.00. The van der Waals surface area contributed by atoms with Crippen molar-refractivity contribution in [3.63, 3.8) is 0 Å². The molecule has 7 nitrogen and oxygen atoms in total. The topological polar surface area (TPSA) is 96.2 Å². The second-order valence-electron chi connectivity index (χ2n) is 6.42. The summed E-state index contributed by atoms with van der Waals surface area (Å²) in [7, 11) is 0. The first-order chi connectivity index (χ1) is 13.8. The number of para-hydroxylation sites is 1. The molecule has 28 heavy (non-hydrogen) atoms. The zero-order valence-electron chi connectivity index (χ0n) is 14.7. The molecule has 0 unspecified atom stereocenters. The van der Waals surface area contributed by atoms with E-state index in [1.54, 1.807) is 24.5 Å². The smallest absolute Gasteiger partial charge is 0.255 e. The number of carbonyl (C=O) groups is 1. The summed E-state index contributed by atoms with van der Waals surface area (Å²) in [5, 5.41) is 9.95. The number of H-pyrrole nitrogens is 1. The van der Waals surface area contributed by atoms with Crippen LogP contribution in [-0.4, -0.2) is 26.8 Å². The zero-order valence-corrected chi connectivity index (χ0v) is 14.7. The molecule has 0 saturated heterocycles. The second kappa shape index (κ2) is 6.62. The number of hydrogen-bond acceptors (Lipinski definition) is 5. The van der Waals surface area contributed by atoms with Crippen LogP contribution in [0.1, 0.15) is 21.6 Å². The van der Waals surface area contributed by atoms with Crippen LogP contribution in [-0.2, 0) is 6.42 Å². The van der Waals surface area contributed by atoms with Gasteiger partial charge in [0.2, 0.25) is 0 Å². The Kier molecular flexibility index (Phi) is 3.83. The SMILES string of the molecule is O=C(Nc1cn[nH]c1C1=Nc2ccccc2C1)c1ccc(-c2cnco2)cc1. The van der Waals surface area contributed by atoms with E-state index in [9.17, 15) is 4.79 Å². The first-order valence-corrected chi connectivity index (χ1v) is 8.77. The summed E-state index contributed by atoms with van der Waals surface area (Å²) in [6.07, 6.45) is 5.31. The van der Waals surface area contributed by atoms with Crippen LogP contribution in [0.15, 0.2) is 76.7 Å². The van der Waals surface area contributed by atoms with E-state index in [0.29, 0.717) is 23.4 Å². The van der Waals surface area contributed by atoms with E-state index in [0.717, 1.165) is 28.2 Å². The molecule has 4 aromatic rings. The van der Waals surface area contributed by atoms with E-state index in [-0.39, 0.29) is 5.91 Å². The highest BCUT2D eigenvalue weighted by atomic mass is 16.3. The first kappa shape index (κ1) is 16.2. The van der Waals surface area contributed by atoms with Gasteiger partial charge < -0.3 is 9.73 Å². The van der Waals surface area contributed by atoms with Crippen molar-refractivity contribution in [2.45, 2.75) is 6.42 Å². The third-order valence-electron chi connectivity index (χ3n) is 4.64. The molecule has 136 valence electrons. The predicted molar refractivity (Wildman–Crippen MR) is 105 cm³/mol. The molecule has 0 bridgehead atoms. The summed E-state index contributed by atoms with van der Waals surface area (Å²) in [5.74, 6) is 0.436. The average molecular weight is 369 g/mol. The van der Waals surface area contributed by atoms with Gasteiger partial charge in [0.25, 0.3) is 5.91 Å². The molecule has 0 radical (unpaired) electrons. The number of aliphatic imine (C=N–C) groups is 1. The summed E-state index contributed by atoms with van der Waals surface area (Å²) >= 11 is 0. The molecule has 2 N–H and O–H groups in total. The van der Waals surface area contributed by atoms with Crippen molar-refractivity contribution in [1.82, 2.24) is 15.2 Å². The molecule has 1 amide bonds. The number of hydrogen-bond donors (Lipinski definition) is 2. The summed E-state index contributed by atoms with van der Waals surface area (Å²) in [6.45, 7) is 0. The lowest BCUT2D eigenvalue weighted by Crippen LogP contribution is -2.14. The lowest BCUT2D eigenvalue weighted by Gasteiger charge is -2.06. The largest absolute Gasteiger partial charge is 0.444 e. The van der Waals surface area contributed by atoms with Crippen molar-refractivity contribution in [2.75, 3.05) is 5.32 Å². The monoisotopic (exact) mass is 369 g/mol. The van der Waals surface area contributed by atoms with Gasteiger partial charge in [0.05, 0.1) is 29.5 Å². The van der Waals surface area contributed by atoms with Crippen molar-refractivity contribution in [3.05, 3.63) is 84.1 Å². The predicted octanol–water partition coefficient (Wildman–Crippen LogP) is 3.99. The van der Waals surface area contributed by atoms with E-state index >= 15 is 0 Å². The molecular formula is C21H15N5O2. The van der Waals surface area contributed by atoms with E-state index in [4.69, 9.17) is 4.42 Å². The quantitative estimate of drug-likeness (QED) is 0.568. The highest BCUT2D eigenvalue weighted by Gasteiger charge is 2.21. The summed E-state index contributed by atoms with van der Waals surface area (Å²) in [4.78, 5) is 21.2. The van der Waals surface area contributed by atoms with Crippen LogP contribution in [0.25, 0.3) is 11.3 Å². The number of aromatic nitrogens is 3. The van der Waals surface area contributed by atoms with Crippen LogP contribution in [0.2, 0.25) is 0 Å². The van der Waals surface area contributed by atoms with Crippen LogP contribution in [0, 0.1) is 0 Å². The van der Waals surface area contributed by atoms with E-state index in [1.807, 2.05) is 30.3 Å². The molecule has 2 aromatic heterocycles. The molecule has 0 saturated carbocycles. The Morgan fingerprint density at radius 3 is 2.71 bits per heavy atom. The Labute approximate surface area is 160 Å². The fraction of sp³-hybridized carbons (Fsp3) is 0.0476. The highest BCUT2D eigenvalue weighted by molar-refractivity contribution is 6.12. The molecule has 0 spiro atoms. The van der Waals surface area contributed by atoms with Gasteiger partial charge >= 0.3 is 0 Å². The van der Waals surface area contributed by atoms with E-state index in [1.165, 1.54) is 6.39 Å². The fourth-order valence-corrected chi connectivity index (χ4v) is 3.22. The number of anilines is 1. The van der Waals surface area contributed by atoms with Crippen LogP contribution < -0.4 is 5.32 Å². The molecule has 0 aliphatic carbocycles. The van der Waals surface area contributed by atoms with Gasteiger partial charge in [0.1, 0.15) is 5.69 Å². The standard InChI is InChI=1S/C21H15N5O2/c27-21(14-7-5-13(6-8-14)19-11-22-12-28-19)25-18-10-23-26-20(18)17-9-15-3-1-2-4-16(15)24-17/h1-8,10-12H,9H2,(H,23,26)(H,25,27). The highest BCUT2D eigenvalue weighted by Crippen LogP contribution is 2.30. The van der Waals surface area contributed by atoms with Crippen LogP contribution in [0.5, 0.6) is 0 Å². The van der Waals surface area contributed by atoms with Gasteiger partial charge in [0.15, 0.2) is 12.2 Å². The number of rotatable bonds is 4. The number of oxazole rings is 1. The van der Waals surface area contributed by atoms with Crippen LogP contribution in [0.4, 0.5) is 11.4 Å². The van der Waals surface area contributed by atoms with Crippen LogP contribution in [0.3, 0.4) is 0 Å². The summed E-state index contributed by atoms with van der Waals surface area (Å²) in [5.41, 5.74) is 5.69. The third-order valence-corrected chi connectivity index (χ3v) is 4.64. The number of aromatic amines is 1. The van der Waals surface area contributed by atoms with Crippen molar-refractivity contribution < 1.29 is 9.21 Å². The minimum Gasteiger partial charge on any atom is -0.444 e. The maximum absolute atomic E-state index is 12.7. The third kappa shape index (κ3) is 2.88. The minimum absolute atomic E-state index is 0.220. The number of nitrogens with one attached hydrogen (secondary N) is 2. The van der Waals surface area contributed by atoms with Crippen molar-refractivity contribution in [1.29, 1.82) is 0 Å². The Bertz CT molecular complexity index is 1170. The average Bonchev–Trinajstić information content (AvgIpc) is 3.47. The van der Waals surface area contributed by atoms with Gasteiger partial charge in [-0.15, -0.1) is 0 Å². The molecule has 5 rings (SSSR count). The molecule has 7 heteroatoms. The Morgan fingerprint density at radius 1 is 1.07 bits per heavy atom. The molecule has 0 atom stereocenters. The van der Waals surface area contributed by atoms with Gasteiger partial charge in [-0.05, 0) is 23.8 Å². The summed E-state index contributed by atoms with van der Waals surface area (Å²) in [6, 6.07) is 15.1. The Balaban J connectivity index is 1.35. The van der Waals surface area contributed by atoms with Crippen molar-refractivity contribution >= 4 is 23.0 Å². The number of amides is 1. The van der Waals surface area contributed by atoms with Crippen LogP contribution >= 0.6 is 0 Å². The van der Waals surface area contributed by atoms with Gasteiger partial charge in [-0.3, -0.25) is 14.9 Å². The maximum atomic E-state index is 12.7. The van der Waals surface area contributed by atoms with Gasteiger partial charge in [0, 0.05) is 17.5 Å². The maximum Gasteiger partial charge on any atom is 0.255 e. The van der Waals surface area contributed by atoms with E-state index < -0.39 is 0 Å². The number of carbonyl (C=O) groups excluding carboxylic acids is 1. The number of benzene rings is 2. The summed E-state index contributed by atoms with van der Waals surface area (Å²) < 4.78 is 5.27. The van der Waals surface area contributed by atoms with Crippen molar-refractivity contribution in [3.8, 4) is 11.3 Å². The molecule has 1 aliphatic heterocycles. The number of fused-ring (bicyclic) bond motifs is 1. The normalized spacial score (nSPS) is 12.5. The fourth-order valence-electron chi connectivity index (χ4n) is 3.22. The molecule has 2 aromatic carbocycles. The van der Waals surface area contributed by atoms with Gasteiger partial charge in [-0.1, -0.05) is 30.3 Å². The van der Waals surface area contributed by atoms with Gasteiger partial charge in [-0.2, -0.15) is 5.10 Å². The second-order valence-corrected chi connectivity index (χ2v) is 6.42. The zero-order chi connectivity index (χ0) is 18.9. The molecule has 3 heterocycles. The minimum atomic E-state index is -0.220. The molecule has 1 aliphatic rings. The molecular weight excluding hydrogens is 354 g/mol. The van der Waals surface area contributed by atoms with Crippen molar-refractivity contribution in [2.24, 2.45) is 4.99 Å². The molecule has 0 fully saturated rings. The lowest BCUT2D eigenvalue weighted by atomic mass is 10.1. The lowest BCUT2D eigenvalue weighted by molar-refractivity contribution is 0.102. The Morgan fingerprint density at radius 2 is 1.93 bits per heavy atom. The van der Waals surface area contributed by atoms with Gasteiger partial charge in [-0.25, -0.2) is 4.98 Å².